The molecule has 1 N–H and O–H groups in total. The summed E-state index contributed by atoms with van der Waals surface area (Å²) < 4.78 is 16.5. The Balaban J connectivity index is 1.88. The van der Waals surface area contributed by atoms with Crippen LogP contribution in [0.5, 0.6) is 11.5 Å². The second-order valence-electron chi connectivity index (χ2n) is 8.40. The van der Waals surface area contributed by atoms with Gasteiger partial charge >= 0.3 is 5.97 Å². The molecule has 0 saturated heterocycles. The molecule has 7 heteroatoms. The number of ketones is 1. The minimum absolute atomic E-state index is 0.0362. The van der Waals surface area contributed by atoms with E-state index in [1.165, 1.54) is 0 Å². The van der Waals surface area contributed by atoms with E-state index < -0.39 is 17.8 Å². The van der Waals surface area contributed by atoms with Crippen molar-refractivity contribution in [2.24, 2.45) is 5.92 Å². The Bertz CT molecular complexity index is 1170. The summed E-state index contributed by atoms with van der Waals surface area (Å²) in [5, 5.41) is 3.98. The lowest BCUT2D eigenvalue weighted by atomic mass is 9.68. The Morgan fingerprint density at radius 1 is 1.09 bits per heavy atom. The van der Waals surface area contributed by atoms with Gasteiger partial charge < -0.3 is 19.5 Å². The fraction of sp³-hybridized carbons (Fsp3) is 0.333. The van der Waals surface area contributed by atoms with Gasteiger partial charge in [0.2, 0.25) is 0 Å². The van der Waals surface area contributed by atoms with Crippen molar-refractivity contribution in [3.05, 3.63) is 81.7 Å². The van der Waals surface area contributed by atoms with Gasteiger partial charge in [0.1, 0.15) is 17.3 Å². The number of Topliss-reactive ketones (excluding diaryl/α,β-unsaturated/α-hetero) is 1. The number of benzene rings is 2. The van der Waals surface area contributed by atoms with Gasteiger partial charge in [-0.05, 0) is 49.7 Å². The summed E-state index contributed by atoms with van der Waals surface area (Å²) in [6.45, 7) is 3.83. The highest BCUT2D eigenvalue weighted by molar-refractivity contribution is 6.30. The van der Waals surface area contributed by atoms with Crippen LogP contribution in [0.25, 0.3) is 0 Å². The molecule has 0 fully saturated rings. The fourth-order valence-corrected chi connectivity index (χ4v) is 5.02. The van der Waals surface area contributed by atoms with Crippen molar-refractivity contribution >= 4 is 23.4 Å². The number of methoxy groups -OCH3 is 2. The number of hydrogen-bond donors (Lipinski definition) is 1. The maximum atomic E-state index is 13.7. The molecule has 1 heterocycles. The molecule has 0 radical (unpaired) electrons. The first kappa shape index (κ1) is 23.9. The van der Waals surface area contributed by atoms with Crippen LogP contribution in [0, 0.1) is 5.92 Å². The van der Waals surface area contributed by atoms with Crippen LogP contribution in [0.1, 0.15) is 43.2 Å². The van der Waals surface area contributed by atoms with Gasteiger partial charge in [0, 0.05) is 40.2 Å². The zero-order chi connectivity index (χ0) is 24.4. The van der Waals surface area contributed by atoms with Gasteiger partial charge in [0.25, 0.3) is 0 Å². The molecule has 1 aliphatic heterocycles. The smallest absolute Gasteiger partial charge is 0.336 e. The summed E-state index contributed by atoms with van der Waals surface area (Å²) in [4.78, 5) is 26.8. The lowest BCUT2D eigenvalue weighted by Gasteiger charge is -2.40. The van der Waals surface area contributed by atoms with Crippen molar-refractivity contribution in [3.63, 3.8) is 0 Å². The van der Waals surface area contributed by atoms with Crippen LogP contribution in [0.2, 0.25) is 5.02 Å². The average Bonchev–Trinajstić information content (AvgIpc) is 2.83. The lowest BCUT2D eigenvalue weighted by Crippen LogP contribution is -2.42. The molecular weight excluding hydrogens is 454 g/mol. The van der Waals surface area contributed by atoms with E-state index in [1.54, 1.807) is 33.3 Å². The maximum Gasteiger partial charge on any atom is 0.336 e. The van der Waals surface area contributed by atoms with Crippen molar-refractivity contribution in [2.75, 3.05) is 20.8 Å². The van der Waals surface area contributed by atoms with Gasteiger partial charge in [-0.1, -0.05) is 29.8 Å². The number of rotatable bonds is 6. The summed E-state index contributed by atoms with van der Waals surface area (Å²) in [5.41, 5.74) is 3.57. The van der Waals surface area contributed by atoms with Crippen molar-refractivity contribution < 1.29 is 23.8 Å². The lowest BCUT2D eigenvalue weighted by molar-refractivity contribution is -0.139. The highest BCUT2D eigenvalue weighted by Gasteiger charge is 2.46. The summed E-state index contributed by atoms with van der Waals surface area (Å²) in [6.07, 6.45) is 2.40. The molecule has 0 saturated carbocycles. The molecule has 2 aromatic carbocycles. The predicted molar refractivity (Wildman–Crippen MR) is 130 cm³/mol. The monoisotopic (exact) mass is 481 g/mol. The van der Waals surface area contributed by atoms with Crippen molar-refractivity contribution in [1.82, 2.24) is 5.32 Å². The highest BCUT2D eigenvalue weighted by atomic mass is 35.5. The van der Waals surface area contributed by atoms with E-state index in [1.807, 2.05) is 37.3 Å². The Kier molecular flexibility index (Phi) is 6.98. The number of halogens is 1. The third-order valence-corrected chi connectivity index (χ3v) is 6.68. The number of carbonyl (C=O) groups excluding carboxylic acids is 2. The zero-order valence-corrected chi connectivity index (χ0v) is 20.4. The molecule has 2 aliphatic rings. The Morgan fingerprint density at radius 3 is 2.47 bits per heavy atom. The van der Waals surface area contributed by atoms with Gasteiger partial charge in [-0.2, -0.15) is 0 Å². The molecule has 2 aromatic rings. The Morgan fingerprint density at radius 2 is 1.82 bits per heavy atom. The van der Waals surface area contributed by atoms with Crippen LogP contribution < -0.4 is 14.8 Å². The molecular formula is C27H28ClNO5. The number of allylic oxidation sites excluding steroid dienone is 3. The molecule has 3 unspecified atom stereocenters. The van der Waals surface area contributed by atoms with Crippen LogP contribution in [0.15, 0.2) is 65.5 Å². The molecule has 0 amide bonds. The molecule has 178 valence electrons. The van der Waals surface area contributed by atoms with Crippen molar-refractivity contribution in [3.8, 4) is 11.5 Å². The molecule has 0 aromatic heterocycles. The SMILES string of the molecule is CCOC(=O)C1=C(C)NC2=CC(c3ccc(Cl)cc3)CC(=O)C2C1c1cc(OC)ccc1OC. The average molecular weight is 482 g/mol. The standard InChI is InChI=1S/C27H28ClNO5/c1-5-34-27(31)24-15(2)29-21-12-17(16-6-8-18(28)9-7-16)13-22(30)26(21)25(24)20-14-19(32-3)10-11-23(20)33-4/h6-12,14,17,25-26,29H,5,13H2,1-4H3. The third kappa shape index (κ3) is 4.42. The number of ether oxygens (including phenoxy) is 3. The Labute approximate surface area is 204 Å². The number of fused-ring (bicyclic) bond motifs is 1. The van der Waals surface area contributed by atoms with E-state index >= 15 is 0 Å². The number of hydrogen-bond acceptors (Lipinski definition) is 6. The molecule has 3 atom stereocenters. The van der Waals surface area contributed by atoms with E-state index in [9.17, 15) is 9.59 Å². The molecule has 4 rings (SSSR count). The topological polar surface area (TPSA) is 73.9 Å². The predicted octanol–water partition coefficient (Wildman–Crippen LogP) is 5.14. The molecule has 6 nitrogen and oxygen atoms in total. The first-order valence-corrected chi connectivity index (χ1v) is 11.6. The highest BCUT2D eigenvalue weighted by Crippen LogP contribution is 2.49. The van der Waals surface area contributed by atoms with Crippen LogP contribution in [0.4, 0.5) is 0 Å². The van der Waals surface area contributed by atoms with E-state index in [0.29, 0.717) is 39.8 Å². The maximum absolute atomic E-state index is 13.7. The van der Waals surface area contributed by atoms with Crippen molar-refractivity contribution in [1.29, 1.82) is 0 Å². The van der Waals surface area contributed by atoms with Crippen LogP contribution in [-0.2, 0) is 14.3 Å². The van der Waals surface area contributed by atoms with Crippen LogP contribution in [-0.4, -0.2) is 32.6 Å². The third-order valence-electron chi connectivity index (χ3n) is 6.43. The molecule has 34 heavy (non-hydrogen) atoms. The van der Waals surface area contributed by atoms with Crippen LogP contribution >= 0.6 is 11.6 Å². The number of esters is 1. The second-order valence-corrected chi connectivity index (χ2v) is 8.83. The van der Waals surface area contributed by atoms with Gasteiger partial charge in [-0.3, -0.25) is 4.79 Å². The van der Waals surface area contributed by atoms with E-state index in [4.69, 9.17) is 25.8 Å². The molecule has 0 spiro atoms. The first-order chi connectivity index (χ1) is 16.4. The quantitative estimate of drug-likeness (QED) is 0.576. The summed E-state index contributed by atoms with van der Waals surface area (Å²) in [7, 11) is 3.15. The molecule has 0 bridgehead atoms. The number of nitrogens with one attached hydrogen (secondary N) is 1. The zero-order valence-electron chi connectivity index (χ0n) is 19.7. The normalized spacial score (nSPS) is 21.9. The summed E-state index contributed by atoms with van der Waals surface area (Å²) in [5.74, 6) is -0.461. The van der Waals surface area contributed by atoms with Crippen LogP contribution in [0.3, 0.4) is 0 Å². The Hall–Kier alpha value is -3.25. The van der Waals surface area contributed by atoms with Gasteiger partial charge in [0.15, 0.2) is 0 Å². The summed E-state index contributed by atoms with van der Waals surface area (Å²) in [6, 6.07) is 13.0. The van der Waals surface area contributed by atoms with Gasteiger partial charge in [0.05, 0.1) is 32.3 Å². The minimum Gasteiger partial charge on any atom is -0.497 e. The van der Waals surface area contributed by atoms with Gasteiger partial charge in [-0.15, -0.1) is 0 Å². The van der Waals surface area contributed by atoms with E-state index in [2.05, 4.69) is 11.4 Å². The largest absolute Gasteiger partial charge is 0.497 e. The second kappa shape index (κ2) is 9.94. The fourth-order valence-electron chi connectivity index (χ4n) is 4.90. The first-order valence-electron chi connectivity index (χ1n) is 11.2. The van der Waals surface area contributed by atoms with Crippen molar-refractivity contribution in [2.45, 2.75) is 32.1 Å². The minimum atomic E-state index is -0.576. The summed E-state index contributed by atoms with van der Waals surface area (Å²) >= 11 is 6.05. The number of carbonyl (C=O) groups is 2. The van der Waals surface area contributed by atoms with E-state index in [0.717, 1.165) is 11.3 Å². The van der Waals surface area contributed by atoms with E-state index in [-0.39, 0.29) is 18.3 Å². The molecule has 1 aliphatic carbocycles. The van der Waals surface area contributed by atoms with Gasteiger partial charge in [-0.25, -0.2) is 4.79 Å².